The standard InChI is InChI=1S/C12H14O4/c13-12-11-10(16-11)9(7-15-12)14-6-8-4-2-1-3-5-8/h1-5,9-13H,6-7H2/t9-,10-,11-,12+/m1/s1. The van der Waals surface area contributed by atoms with Crippen molar-refractivity contribution in [2.75, 3.05) is 6.61 Å². The molecule has 0 aromatic heterocycles. The molecule has 1 aromatic carbocycles. The number of ether oxygens (including phenoxy) is 3. The third-order valence-corrected chi connectivity index (χ3v) is 2.95. The van der Waals surface area contributed by atoms with E-state index in [-0.39, 0.29) is 18.3 Å². The maximum atomic E-state index is 9.32. The van der Waals surface area contributed by atoms with Gasteiger partial charge in [0.2, 0.25) is 0 Å². The number of hydrogen-bond acceptors (Lipinski definition) is 4. The van der Waals surface area contributed by atoms with Crippen molar-refractivity contribution in [3.05, 3.63) is 35.9 Å². The van der Waals surface area contributed by atoms with Crippen LogP contribution < -0.4 is 0 Å². The quantitative estimate of drug-likeness (QED) is 0.764. The van der Waals surface area contributed by atoms with Crippen molar-refractivity contribution in [2.24, 2.45) is 0 Å². The van der Waals surface area contributed by atoms with Crippen LogP contribution in [-0.4, -0.2) is 36.3 Å². The zero-order chi connectivity index (χ0) is 11.0. The Morgan fingerprint density at radius 3 is 2.88 bits per heavy atom. The van der Waals surface area contributed by atoms with E-state index in [1.807, 2.05) is 30.3 Å². The molecular weight excluding hydrogens is 208 g/mol. The molecule has 4 atom stereocenters. The first-order valence-electron chi connectivity index (χ1n) is 5.45. The summed E-state index contributed by atoms with van der Waals surface area (Å²) >= 11 is 0. The number of benzene rings is 1. The Hall–Kier alpha value is -0.940. The second-order valence-corrected chi connectivity index (χ2v) is 4.12. The van der Waals surface area contributed by atoms with Gasteiger partial charge in [-0.2, -0.15) is 0 Å². The van der Waals surface area contributed by atoms with Gasteiger partial charge < -0.3 is 19.3 Å². The van der Waals surface area contributed by atoms with E-state index in [2.05, 4.69) is 0 Å². The average molecular weight is 222 g/mol. The Labute approximate surface area is 93.7 Å². The maximum Gasteiger partial charge on any atom is 0.183 e. The van der Waals surface area contributed by atoms with Gasteiger partial charge in [-0.1, -0.05) is 30.3 Å². The summed E-state index contributed by atoms with van der Waals surface area (Å²) in [4.78, 5) is 0. The number of aliphatic hydroxyl groups excluding tert-OH is 1. The lowest BCUT2D eigenvalue weighted by Crippen LogP contribution is -2.38. The fraction of sp³-hybridized carbons (Fsp3) is 0.500. The highest BCUT2D eigenvalue weighted by Gasteiger charge is 2.54. The minimum Gasteiger partial charge on any atom is -0.368 e. The summed E-state index contributed by atoms with van der Waals surface area (Å²) in [5.41, 5.74) is 1.13. The second-order valence-electron chi connectivity index (χ2n) is 4.12. The van der Waals surface area contributed by atoms with Gasteiger partial charge in [0.25, 0.3) is 0 Å². The lowest BCUT2D eigenvalue weighted by atomic mass is 10.1. The van der Waals surface area contributed by atoms with Gasteiger partial charge in [-0.15, -0.1) is 0 Å². The molecule has 0 radical (unpaired) electrons. The predicted octanol–water partition coefficient (Wildman–Crippen LogP) is 0.688. The Morgan fingerprint density at radius 2 is 2.06 bits per heavy atom. The Morgan fingerprint density at radius 1 is 1.25 bits per heavy atom. The molecule has 2 saturated heterocycles. The molecule has 1 N–H and O–H groups in total. The minimum atomic E-state index is -0.776. The normalized spacial score (nSPS) is 36.8. The van der Waals surface area contributed by atoms with Gasteiger partial charge in [-0.25, -0.2) is 0 Å². The van der Waals surface area contributed by atoms with Gasteiger partial charge in [-0.05, 0) is 5.56 Å². The number of hydrogen-bond donors (Lipinski definition) is 1. The molecule has 1 aromatic rings. The molecule has 0 unspecified atom stereocenters. The van der Waals surface area contributed by atoms with Crippen LogP contribution in [0.25, 0.3) is 0 Å². The van der Waals surface area contributed by atoms with Crippen molar-refractivity contribution in [1.82, 2.24) is 0 Å². The van der Waals surface area contributed by atoms with Crippen LogP contribution in [0.15, 0.2) is 30.3 Å². The Balaban J connectivity index is 1.53. The Bertz CT molecular complexity index is 353. The number of fused-ring (bicyclic) bond motifs is 1. The molecule has 4 heteroatoms. The largest absolute Gasteiger partial charge is 0.368 e. The molecular formula is C12H14O4. The van der Waals surface area contributed by atoms with Crippen LogP contribution in [0.1, 0.15) is 5.56 Å². The van der Waals surface area contributed by atoms with E-state index in [9.17, 15) is 5.11 Å². The van der Waals surface area contributed by atoms with Crippen molar-refractivity contribution < 1.29 is 19.3 Å². The maximum absolute atomic E-state index is 9.32. The van der Waals surface area contributed by atoms with Crippen molar-refractivity contribution in [3.8, 4) is 0 Å². The van der Waals surface area contributed by atoms with E-state index in [0.29, 0.717) is 13.2 Å². The fourth-order valence-corrected chi connectivity index (χ4v) is 1.97. The first-order valence-corrected chi connectivity index (χ1v) is 5.45. The molecule has 3 rings (SSSR count). The first-order chi connectivity index (χ1) is 7.84. The molecule has 2 heterocycles. The molecule has 2 aliphatic rings. The lowest BCUT2D eigenvalue weighted by Gasteiger charge is -2.22. The number of epoxide rings is 1. The third kappa shape index (κ3) is 1.97. The van der Waals surface area contributed by atoms with Crippen molar-refractivity contribution in [1.29, 1.82) is 0 Å². The third-order valence-electron chi connectivity index (χ3n) is 2.95. The van der Waals surface area contributed by atoms with Crippen molar-refractivity contribution in [2.45, 2.75) is 31.2 Å². The van der Waals surface area contributed by atoms with E-state index in [4.69, 9.17) is 14.2 Å². The highest BCUT2D eigenvalue weighted by atomic mass is 16.7. The molecule has 0 amide bonds. The molecule has 4 nitrogen and oxygen atoms in total. The molecule has 0 aliphatic carbocycles. The van der Waals surface area contributed by atoms with E-state index >= 15 is 0 Å². The lowest BCUT2D eigenvalue weighted by molar-refractivity contribution is -0.154. The molecule has 0 bridgehead atoms. The monoisotopic (exact) mass is 222 g/mol. The van der Waals surface area contributed by atoms with Crippen LogP contribution in [0.4, 0.5) is 0 Å². The molecule has 0 saturated carbocycles. The summed E-state index contributed by atoms with van der Waals surface area (Å²) in [6.07, 6.45) is -1.02. The smallest absolute Gasteiger partial charge is 0.183 e. The highest BCUT2D eigenvalue weighted by molar-refractivity contribution is 5.13. The van der Waals surface area contributed by atoms with Crippen molar-refractivity contribution in [3.63, 3.8) is 0 Å². The van der Waals surface area contributed by atoms with Gasteiger partial charge in [0.1, 0.15) is 18.3 Å². The molecule has 0 spiro atoms. The first kappa shape index (κ1) is 10.2. The van der Waals surface area contributed by atoms with Crippen LogP contribution in [-0.2, 0) is 20.8 Å². The zero-order valence-corrected chi connectivity index (χ0v) is 8.78. The Kier molecular flexibility index (Phi) is 2.65. The van der Waals surface area contributed by atoms with Crippen LogP contribution in [0.5, 0.6) is 0 Å². The number of rotatable bonds is 3. The topological polar surface area (TPSA) is 51.2 Å². The van der Waals surface area contributed by atoms with Crippen LogP contribution in [0, 0.1) is 0 Å². The van der Waals surface area contributed by atoms with E-state index in [0.717, 1.165) is 5.56 Å². The summed E-state index contributed by atoms with van der Waals surface area (Å²) in [6, 6.07) is 9.98. The summed E-state index contributed by atoms with van der Waals surface area (Å²) in [5, 5.41) is 9.32. The molecule has 16 heavy (non-hydrogen) atoms. The summed E-state index contributed by atoms with van der Waals surface area (Å²) in [5.74, 6) is 0. The second kappa shape index (κ2) is 4.14. The predicted molar refractivity (Wildman–Crippen MR) is 55.6 cm³/mol. The van der Waals surface area contributed by atoms with Crippen LogP contribution >= 0.6 is 0 Å². The summed E-state index contributed by atoms with van der Waals surface area (Å²) < 4.78 is 16.1. The fourth-order valence-electron chi connectivity index (χ4n) is 1.97. The van der Waals surface area contributed by atoms with Gasteiger partial charge in [0, 0.05) is 0 Å². The summed E-state index contributed by atoms with van der Waals surface area (Å²) in [7, 11) is 0. The summed E-state index contributed by atoms with van der Waals surface area (Å²) in [6.45, 7) is 0.951. The van der Waals surface area contributed by atoms with Crippen molar-refractivity contribution >= 4 is 0 Å². The van der Waals surface area contributed by atoms with E-state index in [1.54, 1.807) is 0 Å². The van der Waals surface area contributed by atoms with Crippen LogP contribution in [0.3, 0.4) is 0 Å². The zero-order valence-electron chi connectivity index (χ0n) is 8.78. The SMILES string of the molecule is O[C@H]1OC[C@@H](OCc2ccccc2)[C@H]2O[C@H]21. The molecule has 2 aliphatic heterocycles. The van der Waals surface area contributed by atoms with Crippen LogP contribution in [0.2, 0.25) is 0 Å². The van der Waals surface area contributed by atoms with Gasteiger partial charge in [0.05, 0.1) is 13.2 Å². The highest BCUT2D eigenvalue weighted by Crippen LogP contribution is 2.35. The van der Waals surface area contributed by atoms with E-state index in [1.165, 1.54) is 0 Å². The van der Waals surface area contributed by atoms with E-state index < -0.39 is 6.29 Å². The molecule has 86 valence electrons. The average Bonchev–Trinajstić information content (AvgIpc) is 3.11. The number of aliphatic hydroxyl groups is 1. The van der Waals surface area contributed by atoms with Gasteiger partial charge in [-0.3, -0.25) is 0 Å². The van der Waals surface area contributed by atoms with Gasteiger partial charge in [0.15, 0.2) is 6.29 Å². The minimum absolute atomic E-state index is 0.00691. The molecule has 2 fully saturated rings. The van der Waals surface area contributed by atoms with Gasteiger partial charge >= 0.3 is 0 Å².